The van der Waals surface area contributed by atoms with Crippen molar-refractivity contribution in [3.63, 3.8) is 0 Å². The summed E-state index contributed by atoms with van der Waals surface area (Å²) in [5, 5.41) is 0.293. The molecule has 6 aromatic rings. The van der Waals surface area contributed by atoms with E-state index in [0.29, 0.717) is 39.4 Å². The molecule has 0 unspecified atom stereocenters. The molecule has 0 aliphatic carbocycles. The molecule has 0 saturated carbocycles. The van der Waals surface area contributed by atoms with Crippen molar-refractivity contribution >= 4 is 53.5 Å². The van der Waals surface area contributed by atoms with Gasteiger partial charge in [-0.3, -0.25) is 9.97 Å². The first-order chi connectivity index (χ1) is 29.6. The van der Waals surface area contributed by atoms with Crippen LogP contribution < -0.4 is 3.84 Å². The molecule has 0 aromatic carbocycles. The average Bonchev–Trinajstić information content (AvgIpc) is 3.81. The van der Waals surface area contributed by atoms with Gasteiger partial charge in [0.2, 0.25) is 0 Å². The molecule has 6 heterocycles. The monoisotopic (exact) mass is 1010 g/mol. The second-order valence-corrected chi connectivity index (χ2v) is 33.0. The van der Waals surface area contributed by atoms with Crippen LogP contribution in [0.4, 0.5) is 0 Å². The van der Waals surface area contributed by atoms with E-state index in [1.807, 2.05) is 51.0 Å². The number of nitrogens with zero attached hydrogens (tertiary/aromatic N) is 10. The summed E-state index contributed by atoms with van der Waals surface area (Å²) in [6.45, 7) is 13.9. The summed E-state index contributed by atoms with van der Waals surface area (Å²) in [5.74, 6) is 1.43. The molecular formula is C44H61ClN10O4S2Sn. The SMILES string of the molecule is CCC[CH2][Sn]([CH2]CCC)([CH2]CCC)[c]1ncccn1.CCS(=O)(=O)c1cc(-c2ncccn2)cnc1-c1ncc(C)n1C.CCS(=O)(=O)c1cc(Cl)cnc1-c1ncc(C)n1C. The molecule has 0 radical (unpaired) electrons. The number of aromatic nitrogens is 10. The van der Waals surface area contributed by atoms with Crippen molar-refractivity contribution in [2.45, 2.75) is 110 Å². The third kappa shape index (κ3) is 12.7. The Labute approximate surface area is 377 Å². The topological polar surface area (TPSA) is 181 Å². The van der Waals surface area contributed by atoms with Gasteiger partial charge in [0, 0.05) is 68.2 Å². The minimum atomic E-state index is -3.49. The Morgan fingerprint density at radius 1 is 0.565 bits per heavy atom. The standard InChI is InChI=1S/C16H17N5O2S.C12H14ClN3O2S.C4H3N2.3C4H9.Sn/c1-4-24(22,23)13-8-12(15-17-6-5-7-18-15)10-19-14(13)16-20-9-11(2)21(16)3;1-4-19(17,18)10-5-9(13)7-14-11(10)12-15-6-8(2)16(12)3;1-2-5-4-6-3-1;3*1-3-4-2;/h5-10H,4H2,1-3H3;5-7H,4H2,1-3H3;1-3H;3*1,3-4H2,2H3;. The summed E-state index contributed by atoms with van der Waals surface area (Å²) in [5.41, 5.74) is 3.07. The Morgan fingerprint density at radius 3 is 1.39 bits per heavy atom. The van der Waals surface area contributed by atoms with E-state index in [1.54, 1.807) is 61.5 Å². The van der Waals surface area contributed by atoms with Crippen molar-refractivity contribution in [1.82, 2.24) is 49.0 Å². The van der Waals surface area contributed by atoms with E-state index in [2.05, 4.69) is 50.7 Å². The summed E-state index contributed by atoms with van der Waals surface area (Å²) < 4.78 is 58.7. The zero-order valence-electron chi connectivity index (χ0n) is 37.5. The van der Waals surface area contributed by atoms with E-state index in [1.165, 1.54) is 67.9 Å². The molecule has 6 aromatic heterocycles. The van der Waals surface area contributed by atoms with Gasteiger partial charge >= 0.3 is 123 Å². The summed E-state index contributed by atoms with van der Waals surface area (Å²) in [7, 11) is -3.25. The average molecular weight is 1010 g/mol. The number of rotatable bonds is 17. The Hall–Kier alpha value is -4.13. The van der Waals surface area contributed by atoms with Crippen LogP contribution in [0, 0.1) is 13.8 Å². The summed E-state index contributed by atoms with van der Waals surface area (Å²) >= 11 is 3.54. The van der Waals surface area contributed by atoms with Gasteiger partial charge in [0.25, 0.3) is 0 Å². The number of sulfone groups is 2. The minimum Gasteiger partial charge on any atom is -0.330 e. The maximum atomic E-state index is 12.6. The molecule has 14 nitrogen and oxygen atoms in total. The summed E-state index contributed by atoms with van der Waals surface area (Å²) in [6.07, 6.45) is 21.5. The van der Waals surface area contributed by atoms with Gasteiger partial charge in [0.05, 0.1) is 26.3 Å². The first-order valence-corrected chi connectivity index (χ1v) is 32.4. The molecule has 0 aliphatic heterocycles. The summed E-state index contributed by atoms with van der Waals surface area (Å²) in [4.78, 5) is 35.0. The first-order valence-electron chi connectivity index (χ1n) is 21.2. The normalized spacial score (nSPS) is 11.7. The van der Waals surface area contributed by atoms with Crippen molar-refractivity contribution in [1.29, 1.82) is 0 Å². The van der Waals surface area contributed by atoms with Crippen molar-refractivity contribution in [2.75, 3.05) is 11.5 Å². The molecule has 18 heteroatoms. The number of unbranched alkanes of at least 4 members (excludes halogenated alkanes) is 3. The van der Waals surface area contributed by atoms with Crippen LogP contribution in [-0.4, -0.2) is 95.7 Å². The van der Waals surface area contributed by atoms with Gasteiger partial charge in [0.1, 0.15) is 11.4 Å². The van der Waals surface area contributed by atoms with Crippen molar-refractivity contribution in [2.24, 2.45) is 14.1 Å². The number of halogens is 1. The Morgan fingerprint density at radius 2 is 0.984 bits per heavy atom. The number of imidazole rings is 2. The molecule has 0 atom stereocenters. The van der Waals surface area contributed by atoms with E-state index >= 15 is 0 Å². The van der Waals surface area contributed by atoms with Crippen LogP contribution in [0.3, 0.4) is 0 Å². The molecule has 0 N–H and O–H groups in total. The molecule has 0 bridgehead atoms. The predicted molar refractivity (Wildman–Crippen MR) is 250 cm³/mol. The smallest absolute Gasteiger partial charge is 0.180 e. The molecule has 62 heavy (non-hydrogen) atoms. The zero-order chi connectivity index (χ0) is 45.5. The van der Waals surface area contributed by atoms with Crippen molar-refractivity contribution in [3.8, 4) is 34.4 Å². The second kappa shape index (κ2) is 23.5. The minimum absolute atomic E-state index is 0.00850. The largest absolute Gasteiger partial charge is 0.330 e. The van der Waals surface area contributed by atoms with E-state index in [4.69, 9.17) is 21.6 Å². The van der Waals surface area contributed by atoms with Crippen LogP contribution >= 0.6 is 11.6 Å². The molecular weight excluding hydrogens is 951 g/mol. The fourth-order valence-electron chi connectivity index (χ4n) is 6.82. The predicted octanol–water partition coefficient (Wildman–Crippen LogP) is 8.81. The fraction of sp³-hybridized carbons (Fsp3) is 0.455. The van der Waals surface area contributed by atoms with Gasteiger partial charge in [-0.1, -0.05) is 25.4 Å². The van der Waals surface area contributed by atoms with Crippen LogP contribution in [0.1, 0.15) is 84.5 Å². The second-order valence-electron chi connectivity index (χ2n) is 15.2. The molecule has 0 amide bonds. The molecule has 0 spiro atoms. The first kappa shape index (κ1) is 50.5. The van der Waals surface area contributed by atoms with Gasteiger partial charge in [-0.2, -0.15) is 0 Å². The maximum absolute atomic E-state index is 12.6. The number of aryl methyl sites for hydroxylation is 2. The van der Waals surface area contributed by atoms with Crippen LogP contribution in [0.2, 0.25) is 18.3 Å². The van der Waals surface area contributed by atoms with Crippen LogP contribution in [0.15, 0.2) is 83.6 Å². The van der Waals surface area contributed by atoms with Gasteiger partial charge in [-0.25, -0.2) is 36.8 Å². The Balaban J connectivity index is 0.000000207. The summed E-state index contributed by atoms with van der Waals surface area (Å²) in [6, 6.07) is 6.65. The molecule has 6 rings (SSSR count). The number of hydrogen-bond donors (Lipinski definition) is 0. The van der Waals surface area contributed by atoms with Gasteiger partial charge < -0.3 is 9.13 Å². The van der Waals surface area contributed by atoms with E-state index < -0.39 is 38.1 Å². The van der Waals surface area contributed by atoms with Crippen LogP contribution in [0.5, 0.6) is 0 Å². The maximum Gasteiger partial charge on any atom is 0.180 e. The van der Waals surface area contributed by atoms with Gasteiger partial charge in [-0.15, -0.1) is 0 Å². The molecule has 0 fully saturated rings. The molecule has 0 aliphatic rings. The van der Waals surface area contributed by atoms with Gasteiger partial charge in [0.15, 0.2) is 37.1 Å². The zero-order valence-corrected chi connectivity index (χ0v) is 42.7. The molecule has 334 valence electrons. The number of pyridine rings is 2. The Bertz CT molecular complexity index is 2550. The third-order valence-electron chi connectivity index (χ3n) is 10.9. The Kier molecular flexibility index (Phi) is 19.2. The molecule has 0 saturated heterocycles. The quantitative estimate of drug-likeness (QED) is 0.0794. The van der Waals surface area contributed by atoms with E-state index in [0.717, 1.165) is 11.4 Å². The van der Waals surface area contributed by atoms with Crippen LogP contribution in [-0.2, 0) is 33.8 Å². The number of hydrogen-bond acceptors (Lipinski definition) is 12. The van der Waals surface area contributed by atoms with E-state index in [9.17, 15) is 16.8 Å². The van der Waals surface area contributed by atoms with Crippen molar-refractivity contribution < 1.29 is 16.8 Å². The van der Waals surface area contributed by atoms with Gasteiger partial charge in [-0.05, 0) is 32.0 Å². The van der Waals surface area contributed by atoms with Crippen molar-refractivity contribution in [3.05, 3.63) is 90.3 Å². The third-order valence-corrected chi connectivity index (χ3v) is 29.2. The van der Waals surface area contributed by atoms with Crippen LogP contribution in [0.25, 0.3) is 34.4 Å². The van der Waals surface area contributed by atoms with E-state index in [-0.39, 0.29) is 21.3 Å². The fourth-order valence-corrected chi connectivity index (χ4v) is 24.0.